The van der Waals surface area contributed by atoms with Crippen LogP contribution in [0.2, 0.25) is 0 Å². The highest BCUT2D eigenvalue weighted by Gasteiger charge is 2.27. The minimum atomic E-state index is -0.984. The normalized spacial score (nSPS) is 18.5. The lowest BCUT2D eigenvalue weighted by molar-refractivity contribution is -0.142. The van der Waals surface area contributed by atoms with E-state index in [0.29, 0.717) is 12.8 Å². The Labute approximate surface area is 113 Å². The van der Waals surface area contributed by atoms with Crippen LogP contribution in [0.5, 0.6) is 0 Å². The van der Waals surface area contributed by atoms with Crippen molar-refractivity contribution in [1.82, 2.24) is 10.2 Å². The number of aliphatic carboxylic acids is 1. The number of likely N-dealkylation sites (tertiary alicyclic amines) is 1. The highest BCUT2D eigenvalue weighted by molar-refractivity contribution is 5.84. The molecule has 1 rings (SSSR count). The van der Waals surface area contributed by atoms with E-state index in [-0.39, 0.29) is 11.8 Å². The van der Waals surface area contributed by atoms with Crippen LogP contribution in [0.25, 0.3) is 0 Å². The van der Waals surface area contributed by atoms with E-state index in [2.05, 4.69) is 16.3 Å². The number of hydrogen-bond acceptors (Lipinski definition) is 4. The second-order valence-corrected chi connectivity index (χ2v) is 4.83. The molecule has 1 amide bonds. The summed E-state index contributed by atoms with van der Waals surface area (Å²) >= 11 is 0. The van der Waals surface area contributed by atoms with Gasteiger partial charge in [-0.25, -0.2) is 4.79 Å². The van der Waals surface area contributed by atoms with Gasteiger partial charge in [-0.1, -0.05) is 6.92 Å². The van der Waals surface area contributed by atoms with E-state index >= 15 is 0 Å². The minimum absolute atomic E-state index is 0.105. The number of nitrogens with one attached hydrogen (secondary N) is 1. The van der Waals surface area contributed by atoms with E-state index in [1.165, 1.54) is 0 Å². The molecule has 0 radical (unpaired) electrons. The first-order valence-electron chi connectivity index (χ1n) is 6.71. The van der Waals surface area contributed by atoms with E-state index < -0.39 is 12.0 Å². The van der Waals surface area contributed by atoms with Crippen LogP contribution in [0.1, 0.15) is 32.6 Å². The first-order chi connectivity index (χ1) is 9.08. The fraction of sp³-hybridized carbons (Fsp3) is 0.769. The Bertz CT molecular complexity index is 357. The van der Waals surface area contributed by atoms with Gasteiger partial charge in [-0.2, -0.15) is 5.26 Å². The molecule has 106 valence electrons. The Hall–Kier alpha value is -1.61. The standard InChI is InChI=1S/C13H21N3O3/c1-2-11(13(18)19)15-12(17)10-4-8-16(9-5-10)7-3-6-14/h10-11H,2-5,7-9H2,1H3,(H,15,17)(H,18,19). The molecule has 0 bridgehead atoms. The summed E-state index contributed by atoms with van der Waals surface area (Å²) in [6.07, 6.45) is 2.36. The summed E-state index contributed by atoms with van der Waals surface area (Å²) in [5, 5.41) is 20.0. The summed E-state index contributed by atoms with van der Waals surface area (Å²) in [5.74, 6) is -1.25. The number of carboxylic acid groups (broad SMARTS) is 1. The quantitative estimate of drug-likeness (QED) is 0.734. The SMILES string of the molecule is CCC(NC(=O)C1CCN(CCC#N)CC1)C(=O)O. The van der Waals surface area contributed by atoms with Crippen molar-refractivity contribution in [3.05, 3.63) is 0 Å². The predicted octanol–water partition coefficient (Wildman–Crippen LogP) is 0.591. The third-order valence-electron chi connectivity index (χ3n) is 3.52. The van der Waals surface area contributed by atoms with E-state index in [1.54, 1.807) is 6.92 Å². The second kappa shape index (κ2) is 7.74. The molecule has 1 heterocycles. The third kappa shape index (κ3) is 4.87. The van der Waals surface area contributed by atoms with Crippen molar-refractivity contribution in [1.29, 1.82) is 5.26 Å². The Kier molecular flexibility index (Phi) is 6.30. The molecule has 0 spiro atoms. The molecule has 1 unspecified atom stereocenters. The molecule has 2 N–H and O–H groups in total. The second-order valence-electron chi connectivity index (χ2n) is 4.83. The van der Waals surface area contributed by atoms with Gasteiger partial charge in [-0.05, 0) is 32.4 Å². The molecule has 1 fully saturated rings. The van der Waals surface area contributed by atoms with E-state index in [9.17, 15) is 9.59 Å². The molecular weight excluding hydrogens is 246 g/mol. The van der Waals surface area contributed by atoms with E-state index in [0.717, 1.165) is 32.5 Å². The summed E-state index contributed by atoms with van der Waals surface area (Å²) < 4.78 is 0. The lowest BCUT2D eigenvalue weighted by Gasteiger charge is -2.31. The molecule has 0 aromatic carbocycles. The molecule has 0 aliphatic carbocycles. The maximum atomic E-state index is 11.9. The number of carbonyl (C=O) groups is 2. The molecule has 1 aliphatic heterocycles. The number of nitrogens with zero attached hydrogens (tertiary/aromatic N) is 2. The summed E-state index contributed by atoms with van der Waals surface area (Å²) in [4.78, 5) is 25.0. The molecule has 6 nitrogen and oxygen atoms in total. The molecule has 19 heavy (non-hydrogen) atoms. The molecule has 1 aliphatic rings. The van der Waals surface area contributed by atoms with Crippen molar-refractivity contribution in [2.75, 3.05) is 19.6 Å². The molecule has 1 saturated heterocycles. The molecule has 6 heteroatoms. The third-order valence-corrected chi connectivity index (χ3v) is 3.52. The number of carboxylic acids is 1. The number of amides is 1. The van der Waals surface area contributed by atoms with Gasteiger partial charge in [0.25, 0.3) is 0 Å². The van der Waals surface area contributed by atoms with Gasteiger partial charge < -0.3 is 15.3 Å². The van der Waals surface area contributed by atoms with Crippen LogP contribution in [0, 0.1) is 17.2 Å². The summed E-state index contributed by atoms with van der Waals surface area (Å²) in [7, 11) is 0. The van der Waals surface area contributed by atoms with Crippen LogP contribution in [-0.4, -0.2) is 47.6 Å². The lowest BCUT2D eigenvalue weighted by atomic mass is 9.95. The van der Waals surface area contributed by atoms with Crippen LogP contribution in [0.3, 0.4) is 0 Å². The largest absolute Gasteiger partial charge is 0.480 e. The maximum absolute atomic E-state index is 11.9. The van der Waals surface area contributed by atoms with E-state index in [1.807, 2.05) is 0 Å². The Morgan fingerprint density at radius 2 is 2.11 bits per heavy atom. The number of piperidine rings is 1. The van der Waals surface area contributed by atoms with Crippen LogP contribution >= 0.6 is 0 Å². The fourth-order valence-electron chi connectivity index (χ4n) is 2.25. The molecule has 0 saturated carbocycles. The molecule has 0 aromatic heterocycles. The van der Waals surface area contributed by atoms with Gasteiger partial charge in [0.1, 0.15) is 6.04 Å². The highest BCUT2D eigenvalue weighted by Crippen LogP contribution is 2.17. The zero-order chi connectivity index (χ0) is 14.3. The van der Waals surface area contributed by atoms with E-state index in [4.69, 9.17) is 10.4 Å². The smallest absolute Gasteiger partial charge is 0.326 e. The summed E-state index contributed by atoms with van der Waals surface area (Å²) in [6, 6.07) is 1.32. The van der Waals surface area contributed by atoms with Crippen molar-refractivity contribution in [3.8, 4) is 6.07 Å². The zero-order valence-electron chi connectivity index (χ0n) is 11.3. The Balaban J connectivity index is 2.36. The highest BCUT2D eigenvalue weighted by atomic mass is 16.4. The number of hydrogen-bond donors (Lipinski definition) is 2. The number of nitriles is 1. The first-order valence-corrected chi connectivity index (χ1v) is 6.71. The number of carbonyl (C=O) groups excluding carboxylic acids is 1. The van der Waals surface area contributed by atoms with Gasteiger partial charge in [0, 0.05) is 18.9 Å². The topological polar surface area (TPSA) is 93.4 Å². The Morgan fingerprint density at radius 3 is 2.58 bits per heavy atom. The van der Waals surface area contributed by atoms with Crippen molar-refractivity contribution in [2.45, 2.75) is 38.6 Å². The Morgan fingerprint density at radius 1 is 1.47 bits per heavy atom. The fourth-order valence-corrected chi connectivity index (χ4v) is 2.25. The first kappa shape index (κ1) is 15.4. The number of rotatable bonds is 6. The zero-order valence-corrected chi connectivity index (χ0v) is 11.3. The van der Waals surface area contributed by atoms with Gasteiger partial charge >= 0.3 is 5.97 Å². The summed E-state index contributed by atoms with van der Waals surface area (Å²) in [5.41, 5.74) is 0. The predicted molar refractivity (Wildman–Crippen MR) is 69.3 cm³/mol. The maximum Gasteiger partial charge on any atom is 0.326 e. The van der Waals surface area contributed by atoms with Crippen LogP contribution in [0.4, 0.5) is 0 Å². The lowest BCUT2D eigenvalue weighted by Crippen LogP contribution is -2.46. The van der Waals surface area contributed by atoms with Crippen molar-refractivity contribution in [3.63, 3.8) is 0 Å². The van der Waals surface area contributed by atoms with Crippen molar-refractivity contribution >= 4 is 11.9 Å². The van der Waals surface area contributed by atoms with Gasteiger partial charge in [-0.3, -0.25) is 4.79 Å². The van der Waals surface area contributed by atoms with Crippen LogP contribution < -0.4 is 5.32 Å². The van der Waals surface area contributed by atoms with Crippen molar-refractivity contribution < 1.29 is 14.7 Å². The average molecular weight is 267 g/mol. The average Bonchev–Trinajstić information content (AvgIpc) is 2.42. The molecule has 1 atom stereocenters. The summed E-state index contributed by atoms with van der Waals surface area (Å²) in [6.45, 7) is 4.08. The van der Waals surface area contributed by atoms with Crippen molar-refractivity contribution in [2.24, 2.45) is 5.92 Å². The molecular formula is C13H21N3O3. The van der Waals surface area contributed by atoms with Gasteiger partial charge in [-0.15, -0.1) is 0 Å². The van der Waals surface area contributed by atoms with Gasteiger partial charge in [0.2, 0.25) is 5.91 Å². The van der Waals surface area contributed by atoms with Gasteiger partial charge in [0.15, 0.2) is 0 Å². The van der Waals surface area contributed by atoms with Crippen LogP contribution in [0.15, 0.2) is 0 Å². The minimum Gasteiger partial charge on any atom is -0.480 e. The van der Waals surface area contributed by atoms with Crippen LogP contribution in [-0.2, 0) is 9.59 Å². The monoisotopic (exact) mass is 267 g/mol. The van der Waals surface area contributed by atoms with Gasteiger partial charge in [0.05, 0.1) is 6.07 Å². The molecule has 0 aromatic rings.